The summed E-state index contributed by atoms with van der Waals surface area (Å²) in [6, 6.07) is 0.378. The van der Waals surface area contributed by atoms with Crippen LogP contribution in [0.5, 0.6) is 0 Å². The molecule has 0 spiro atoms. The number of hydrogen-bond donors (Lipinski definition) is 0. The number of rotatable bonds is 2. The van der Waals surface area contributed by atoms with Crippen LogP contribution in [0, 0.1) is 0 Å². The second-order valence-electron chi connectivity index (χ2n) is 3.25. The minimum atomic E-state index is 0.378. The van der Waals surface area contributed by atoms with Gasteiger partial charge in [0.15, 0.2) is 5.84 Å². The fraction of sp³-hybridized carbons (Fsp3) is 0.600. The molecule has 0 aromatic heterocycles. The molecule has 0 bridgehead atoms. The largest absolute Gasteiger partial charge is 0.335 e. The maximum absolute atomic E-state index is 4.55. The molecular weight excluding hydrogens is 162 g/mol. The van der Waals surface area contributed by atoms with E-state index in [0.717, 1.165) is 18.0 Å². The van der Waals surface area contributed by atoms with Crippen molar-refractivity contribution in [1.29, 1.82) is 0 Å². The van der Waals surface area contributed by atoms with Gasteiger partial charge in [-0.1, -0.05) is 6.92 Å². The maximum Gasteiger partial charge on any atom is 0.153 e. The summed E-state index contributed by atoms with van der Waals surface area (Å²) in [5, 5.41) is 0. The summed E-state index contributed by atoms with van der Waals surface area (Å²) in [5.74, 6) is 0.959. The molecule has 1 atom stereocenters. The van der Waals surface area contributed by atoms with Crippen LogP contribution in [-0.4, -0.2) is 36.6 Å². The van der Waals surface area contributed by atoms with Gasteiger partial charge < -0.3 is 4.90 Å². The monoisotopic (exact) mass is 179 g/mol. The SMILES string of the molecule is CC[C@@H](C)N=C1C=CN(C)C1=NC. The number of hydrogen-bond acceptors (Lipinski definition) is 2. The van der Waals surface area contributed by atoms with Gasteiger partial charge in [-0.15, -0.1) is 0 Å². The van der Waals surface area contributed by atoms with Gasteiger partial charge in [0.2, 0.25) is 0 Å². The van der Waals surface area contributed by atoms with Crippen LogP contribution in [0.1, 0.15) is 20.3 Å². The quantitative estimate of drug-likeness (QED) is 0.634. The number of aliphatic imine (C=N–C) groups is 2. The fourth-order valence-electron chi connectivity index (χ4n) is 1.21. The molecule has 3 heteroatoms. The summed E-state index contributed by atoms with van der Waals surface area (Å²) >= 11 is 0. The van der Waals surface area contributed by atoms with E-state index in [1.54, 1.807) is 7.05 Å². The van der Waals surface area contributed by atoms with E-state index in [1.807, 2.05) is 24.2 Å². The van der Waals surface area contributed by atoms with E-state index in [1.165, 1.54) is 0 Å². The summed E-state index contributed by atoms with van der Waals surface area (Å²) in [7, 11) is 3.78. The molecule has 0 aliphatic carbocycles. The highest BCUT2D eigenvalue weighted by Crippen LogP contribution is 2.06. The number of nitrogens with zero attached hydrogens (tertiary/aromatic N) is 3. The Balaban J connectivity index is 2.82. The van der Waals surface area contributed by atoms with E-state index in [0.29, 0.717) is 6.04 Å². The molecule has 1 aliphatic rings. The molecule has 72 valence electrons. The van der Waals surface area contributed by atoms with Gasteiger partial charge in [-0.2, -0.15) is 0 Å². The van der Waals surface area contributed by atoms with Crippen molar-refractivity contribution < 1.29 is 0 Å². The highest BCUT2D eigenvalue weighted by Gasteiger charge is 2.15. The van der Waals surface area contributed by atoms with Gasteiger partial charge in [0.1, 0.15) is 5.71 Å². The molecule has 0 aromatic carbocycles. The lowest BCUT2D eigenvalue weighted by molar-refractivity contribution is 0.701. The molecule has 1 aliphatic heterocycles. The predicted octanol–water partition coefficient (Wildman–Crippen LogP) is 1.71. The highest BCUT2D eigenvalue weighted by molar-refractivity contribution is 6.47. The summed E-state index contributed by atoms with van der Waals surface area (Å²) in [6.07, 6.45) is 5.07. The van der Waals surface area contributed by atoms with Gasteiger partial charge in [0.25, 0.3) is 0 Å². The van der Waals surface area contributed by atoms with Gasteiger partial charge in [-0.05, 0) is 19.4 Å². The summed E-state index contributed by atoms with van der Waals surface area (Å²) in [6.45, 7) is 4.26. The highest BCUT2D eigenvalue weighted by atomic mass is 15.2. The standard InChI is InChI=1S/C10H17N3/c1-5-8(2)12-9-6-7-13(4)10(9)11-3/h6-8H,5H2,1-4H3/t8-/m1/s1. The Labute approximate surface area is 79.9 Å². The molecule has 0 unspecified atom stereocenters. The Bertz CT molecular complexity index is 263. The van der Waals surface area contributed by atoms with Crippen molar-refractivity contribution in [2.45, 2.75) is 26.3 Å². The third kappa shape index (κ3) is 2.17. The van der Waals surface area contributed by atoms with Crippen LogP contribution in [-0.2, 0) is 0 Å². The van der Waals surface area contributed by atoms with Crippen molar-refractivity contribution in [3.05, 3.63) is 12.3 Å². The van der Waals surface area contributed by atoms with Crippen molar-refractivity contribution in [3.8, 4) is 0 Å². The lowest BCUT2D eigenvalue weighted by Crippen LogP contribution is -2.23. The van der Waals surface area contributed by atoms with Crippen LogP contribution in [0.25, 0.3) is 0 Å². The third-order valence-corrected chi connectivity index (χ3v) is 2.18. The topological polar surface area (TPSA) is 28.0 Å². The Kier molecular flexibility index (Phi) is 3.23. The van der Waals surface area contributed by atoms with Crippen LogP contribution in [0.3, 0.4) is 0 Å². The zero-order chi connectivity index (χ0) is 9.84. The van der Waals surface area contributed by atoms with E-state index < -0.39 is 0 Å². The van der Waals surface area contributed by atoms with Crippen LogP contribution in [0.15, 0.2) is 22.3 Å². The Morgan fingerprint density at radius 1 is 1.54 bits per heavy atom. The first-order valence-electron chi connectivity index (χ1n) is 4.65. The van der Waals surface area contributed by atoms with E-state index in [4.69, 9.17) is 0 Å². The zero-order valence-corrected chi connectivity index (χ0v) is 8.78. The first kappa shape index (κ1) is 9.96. The van der Waals surface area contributed by atoms with Crippen LogP contribution in [0.4, 0.5) is 0 Å². The van der Waals surface area contributed by atoms with Gasteiger partial charge >= 0.3 is 0 Å². The second kappa shape index (κ2) is 4.21. The molecule has 0 saturated heterocycles. The maximum atomic E-state index is 4.55. The van der Waals surface area contributed by atoms with Crippen LogP contribution in [0.2, 0.25) is 0 Å². The van der Waals surface area contributed by atoms with Crippen LogP contribution >= 0.6 is 0 Å². The predicted molar refractivity (Wildman–Crippen MR) is 57.5 cm³/mol. The molecule has 0 saturated carbocycles. The van der Waals surface area contributed by atoms with Crippen molar-refractivity contribution >= 4 is 11.5 Å². The first-order chi connectivity index (χ1) is 6.19. The van der Waals surface area contributed by atoms with Crippen molar-refractivity contribution in [1.82, 2.24) is 4.90 Å². The zero-order valence-electron chi connectivity index (χ0n) is 8.78. The molecule has 0 N–H and O–H groups in total. The average Bonchev–Trinajstić information content (AvgIpc) is 2.46. The van der Waals surface area contributed by atoms with E-state index in [2.05, 4.69) is 23.8 Å². The first-order valence-corrected chi connectivity index (χ1v) is 4.65. The molecule has 1 heterocycles. The molecule has 0 fully saturated rings. The number of amidine groups is 1. The summed E-state index contributed by atoms with van der Waals surface area (Å²) < 4.78 is 0. The van der Waals surface area contributed by atoms with Crippen molar-refractivity contribution in [2.24, 2.45) is 9.98 Å². The van der Waals surface area contributed by atoms with Gasteiger partial charge in [-0.3, -0.25) is 9.98 Å². The average molecular weight is 179 g/mol. The minimum Gasteiger partial charge on any atom is -0.335 e. The van der Waals surface area contributed by atoms with E-state index in [-0.39, 0.29) is 0 Å². The normalized spacial score (nSPS) is 24.8. The summed E-state index contributed by atoms with van der Waals surface area (Å²) in [4.78, 5) is 10.7. The van der Waals surface area contributed by atoms with Gasteiger partial charge in [0, 0.05) is 26.3 Å². The van der Waals surface area contributed by atoms with Crippen molar-refractivity contribution in [3.63, 3.8) is 0 Å². The Morgan fingerprint density at radius 3 is 2.77 bits per heavy atom. The molecule has 3 nitrogen and oxygen atoms in total. The lowest BCUT2D eigenvalue weighted by Gasteiger charge is -2.10. The van der Waals surface area contributed by atoms with Crippen LogP contribution < -0.4 is 0 Å². The molecule has 0 radical (unpaired) electrons. The molecule has 0 aromatic rings. The fourth-order valence-corrected chi connectivity index (χ4v) is 1.21. The molecule has 1 rings (SSSR count). The second-order valence-corrected chi connectivity index (χ2v) is 3.25. The third-order valence-electron chi connectivity index (χ3n) is 2.18. The lowest BCUT2D eigenvalue weighted by atomic mass is 10.2. The van der Waals surface area contributed by atoms with E-state index >= 15 is 0 Å². The Morgan fingerprint density at radius 2 is 2.23 bits per heavy atom. The van der Waals surface area contributed by atoms with E-state index in [9.17, 15) is 0 Å². The van der Waals surface area contributed by atoms with Gasteiger partial charge in [-0.25, -0.2) is 0 Å². The molecular formula is C10H17N3. The Hall–Kier alpha value is -1.12. The van der Waals surface area contributed by atoms with Gasteiger partial charge in [0.05, 0.1) is 0 Å². The molecule has 13 heavy (non-hydrogen) atoms. The molecule has 0 amide bonds. The van der Waals surface area contributed by atoms with Crippen molar-refractivity contribution in [2.75, 3.05) is 14.1 Å². The smallest absolute Gasteiger partial charge is 0.153 e. The summed E-state index contributed by atoms with van der Waals surface area (Å²) in [5.41, 5.74) is 0.999. The minimum absolute atomic E-state index is 0.378.